The molecular weight excluding hydrogens is 250 g/mol. The van der Waals surface area contributed by atoms with Crippen molar-refractivity contribution < 1.29 is 9.59 Å². The largest absolute Gasteiger partial charge is 0.274 e. The molecule has 0 aromatic heterocycles. The Morgan fingerprint density at radius 1 is 0.950 bits per heavy atom. The standard InChI is InChI=1S/C17H25NO2/c1-12(19)18(15(20)17(5,6)7)14-11-9-8-10-13(14)16(2,3)4/h8-11H,1-7H3. The Hall–Kier alpha value is -1.64. The van der Waals surface area contributed by atoms with Gasteiger partial charge in [-0.2, -0.15) is 0 Å². The number of imide groups is 1. The molecule has 3 heteroatoms. The molecule has 1 aromatic carbocycles. The van der Waals surface area contributed by atoms with Gasteiger partial charge in [-0.05, 0) is 17.0 Å². The van der Waals surface area contributed by atoms with Crippen LogP contribution in [0.15, 0.2) is 24.3 Å². The first-order valence-corrected chi connectivity index (χ1v) is 6.91. The van der Waals surface area contributed by atoms with Crippen LogP contribution in [0.25, 0.3) is 0 Å². The summed E-state index contributed by atoms with van der Waals surface area (Å²) < 4.78 is 0. The first-order chi connectivity index (χ1) is 8.96. The number of hydrogen-bond donors (Lipinski definition) is 0. The van der Waals surface area contributed by atoms with E-state index in [1.54, 1.807) is 0 Å². The van der Waals surface area contributed by atoms with Gasteiger partial charge in [-0.25, -0.2) is 0 Å². The molecule has 0 N–H and O–H groups in total. The minimum Gasteiger partial charge on any atom is -0.274 e. The second kappa shape index (κ2) is 5.39. The van der Waals surface area contributed by atoms with Crippen LogP contribution in [0, 0.1) is 5.41 Å². The van der Waals surface area contributed by atoms with Gasteiger partial charge in [0.2, 0.25) is 11.8 Å². The number of rotatable bonds is 1. The zero-order chi connectivity index (χ0) is 15.7. The van der Waals surface area contributed by atoms with E-state index in [1.807, 2.05) is 45.0 Å². The minimum atomic E-state index is -0.601. The topological polar surface area (TPSA) is 37.4 Å². The maximum Gasteiger partial charge on any atom is 0.239 e. The molecule has 1 rings (SSSR count). The van der Waals surface area contributed by atoms with Crippen molar-refractivity contribution in [2.75, 3.05) is 4.90 Å². The third-order valence-electron chi connectivity index (χ3n) is 3.11. The summed E-state index contributed by atoms with van der Waals surface area (Å²) in [6, 6.07) is 7.60. The summed E-state index contributed by atoms with van der Waals surface area (Å²) in [4.78, 5) is 25.9. The molecule has 20 heavy (non-hydrogen) atoms. The average Bonchev–Trinajstić information content (AvgIpc) is 2.26. The van der Waals surface area contributed by atoms with Gasteiger partial charge < -0.3 is 0 Å². The highest BCUT2D eigenvalue weighted by Crippen LogP contribution is 2.34. The van der Waals surface area contributed by atoms with Gasteiger partial charge in [0.1, 0.15) is 0 Å². The van der Waals surface area contributed by atoms with Gasteiger partial charge in [0.25, 0.3) is 0 Å². The fraction of sp³-hybridized carbons (Fsp3) is 0.529. The fourth-order valence-electron chi connectivity index (χ4n) is 2.06. The average molecular weight is 275 g/mol. The van der Waals surface area contributed by atoms with Crippen molar-refractivity contribution in [3.63, 3.8) is 0 Å². The number of carbonyl (C=O) groups is 2. The van der Waals surface area contributed by atoms with Crippen molar-refractivity contribution >= 4 is 17.5 Å². The number of hydrogen-bond acceptors (Lipinski definition) is 2. The van der Waals surface area contributed by atoms with Crippen LogP contribution in [0.4, 0.5) is 5.69 Å². The Labute approximate surface area is 122 Å². The Morgan fingerprint density at radius 2 is 1.45 bits per heavy atom. The number of nitrogens with zero attached hydrogens (tertiary/aromatic N) is 1. The van der Waals surface area contributed by atoms with Crippen molar-refractivity contribution in [2.45, 2.75) is 53.9 Å². The molecule has 0 aliphatic heterocycles. The van der Waals surface area contributed by atoms with E-state index in [0.717, 1.165) is 5.56 Å². The number of amides is 2. The molecule has 0 heterocycles. The molecule has 0 atom stereocenters. The Morgan fingerprint density at radius 3 is 1.85 bits per heavy atom. The van der Waals surface area contributed by atoms with Gasteiger partial charge in [0, 0.05) is 12.3 Å². The number of benzene rings is 1. The van der Waals surface area contributed by atoms with Crippen molar-refractivity contribution in [1.29, 1.82) is 0 Å². The summed E-state index contributed by atoms with van der Waals surface area (Å²) >= 11 is 0. The lowest BCUT2D eigenvalue weighted by atomic mass is 9.84. The molecule has 0 saturated heterocycles. The van der Waals surface area contributed by atoms with Crippen molar-refractivity contribution in [1.82, 2.24) is 0 Å². The maximum absolute atomic E-state index is 12.6. The number of carbonyl (C=O) groups excluding carboxylic acids is 2. The van der Waals surface area contributed by atoms with E-state index >= 15 is 0 Å². The maximum atomic E-state index is 12.6. The van der Waals surface area contributed by atoms with Gasteiger partial charge in [-0.3, -0.25) is 14.5 Å². The van der Waals surface area contributed by atoms with E-state index in [0.29, 0.717) is 5.69 Å². The Bertz CT molecular complexity index is 519. The van der Waals surface area contributed by atoms with Crippen LogP contribution in [0.1, 0.15) is 54.0 Å². The smallest absolute Gasteiger partial charge is 0.239 e. The Balaban J connectivity index is 3.46. The van der Waals surface area contributed by atoms with Gasteiger partial charge >= 0.3 is 0 Å². The predicted molar refractivity (Wildman–Crippen MR) is 82.8 cm³/mol. The lowest BCUT2D eigenvalue weighted by molar-refractivity contribution is -0.130. The lowest BCUT2D eigenvalue weighted by Gasteiger charge is -2.32. The number of anilines is 1. The van der Waals surface area contributed by atoms with Gasteiger partial charge in [-0.15, -0.1) is 0 Å². The van der Waals surface area contributed by atoms with Gasteiger partial charge in [0.05, 0.1) is 5.69 Å². The molecule has 0 saturated carbocycles. The van der Waals surface area contributed by atoms with E-state index in [-0.39, 0.29) is 17.2 Å². The molecule has 0 bridgehead atoms. The quantitative estimate of drug-likeness (QED) is 0.779. The van der Waals surface area contributed by atoms with Crippen molar-refractivity contribution in [3.8, 4) is 0 Å². The molecule has 1 aromatic rings. The summed E-state index contributed by atoms with van der Waals surface area (Å²) in [5, 5.41) is 0. The van der Waals surface area contributed by atoms with Crippen LogP contribution in [-0.4, -0.2) is 11.8 Å². The van der Waals surface area contributed by atoms with Crippen molar-refractivity contribution in [3.05, 3.63) is 29.8 Å². The van der Waals surface area contributed by atoms with E-state index in [9.17, 15) is 9.59 Å². The van der Waals surface area contributed by atoms with Crippen LogP contribution in [-0.2, 0) is 15.0 Å². The third-order valence-corrected chi connectivity index (χ3v) is 3.11. The molecule has 0 spiro atoms. The molecule has 3 nitrogen and oxygen atoms in total. The summed E-state index contributed by atoms with van der Waals surface area (Å²) in [5.41, 5.74) is 0.944. The monoisotopic (exact) mass is 275 g/mol. The van der Waals surface area contributed by atoms with Gasteiger partial charge in [0.15, 0.2) is 0 Å². The summed E-state index contributed by atoms with van der Waals surface area (Å²) in [5.74, 6) is -0.427. The van der Waals surface area contributed by atoms with Gasteiger partial charge in [-0.1, -0.05) is 59.7 Å². The first kappa shape index (κ1) is 16.4. The zero-order valence-electron chi connectivity index (χ0n) is 13.6. The zero-order valence-corrected chi connectivity index (χ0v) is 13.6. The normalized spacial score (nSPS) is 12.2. The van der Waals surface area contributed by atoms with Crippen LogP contribution >= 0.6 is 0 Å². The fourth-order valence-corrected chi connectivity index (χ4v) is 2.06. The van der Waals surface area contributed by atoms with E-state index in [4.69, 9.17) is 0 Å². The van der Waals surface area contributed by atoms with Crippen LogP contribution in [0.2, 0.25) is 0 Å². The van der Waals surface area contributed by atoms with Crippen LogP contribution in [0.3, 0.4) is 0 Å². The predicted octanol–water partition coefficient (Wildman–Crippen LogP) is 3.91. The molecular formula is C17H25NO2. The van der Waals surface area contributed by atoms with E-state index < -0.39 is 5.41 Å². The van der Waals surface area contributed by atoms with Crippen LogP contribution < -0.4 is 4.90 Å². The first-order valence-electron chi connectivity index (χ1n) is 6.91. The molecule has 0 unspecified atom stereocenters. The molecule has 0 radical (unpaired) electrons. The SMILES string of the molecule is CC(=O)N(C(=O)C(C)(C)C)c1ccccc1C(C)(C)C. The van der Waals surface area contributed by atoms with E-state index in [2.05, 4.69) is 20.8 Å². The second-order valence-electron chi connectivity index (χ2n) is 7.18. The third kappa shape index (κ3) is 3.47. The molecule has 2 amide bonds. The summed E-state index contributed by atoms with van der Waals surface area (Å²) in [7, 11) is 0. The second-order valence-corrected chi connectivity index (χ2v) is 7.18. The molecule has 0 aliphatic carbocycles. The van der Waals surface area contributed by atoms with Crippen LogP contribution in [0.5, 0.6) is 0 Å². The highest BCUT2D eigenvalue weighted by Gasteiger charge is 2.33. The highest BCUT2D eigenvalue weighted by molar-refractivity contribution is 6.16. The van der Waals surface area contributed by atoms with E-state index in [1.165, 1.54) is 11.8 Å². The summed E-state index contributed by atoms with van der Waals surface area (Å²) in [6.07, 6.45) is 0. The molecule has 0 aliphatic rings. The molecule has 110 valence electrons. The highest BCUT2D eigenvalue weighted by atomic mass is 16.2. The van der Waals surface area contributed by atoms with Crippen molar-refractivity contribution in [2.24, 2.45) is 5.41 Å². The Kier molecular flexibility index (Phi) is 4.42. The lowest BCUT2D eigenvalue weighted by Crippen LogP contribution is -2.43. The minimum absolute atomic E-state index is 0.136. The summed E-state index contributed by atoms with van der Waals surface area (Å²) in [6.45, 7) is 13.1. The number of para-hydroxylation sites is 1. The molecule has 0 fully saturated rings.